The van der Waals surface area contributed by atoms with Crippen LogP contribution < -0.4 is 14.8 Å². The fraction of sp³-hybridized carbons (Fsp3) is 0.160. The van der Waals surface area contributed by atoms with Gasteiger partial charge in [0.2, 0.25) is 0 Å². The second-order valence-electron chi connectivity index (χ2n) is 7.60. The maximum absolute atomic E-state index is 13.0. The minimum atomic E-state index is -4.10. The number of anilines is 2. The van der Waals surface area contributed by atoms with E-state index in [1.807, 2.05) is 6.92 Å². The molecule has 9 nitrogen and oxygen atoms in total. The highest BCUT2D eigenvalue weighted by atomic mass is 32.2. The minimum Gasteiger partial charge on any atom is -0.495 e. The molecular weight excluding hydrogens is 472 g/mol. The Morgan fingerprint density at radius 2 is 1.60 bits per heavy atom. The fourth-order valence-electron chi connectivity index (χ4n) is 3.07. The molecule has 0 atom stereocenters. The summed E-state index contributed by atoms with van der Waals surface area (Å²) in [5, 5.41) is 2.53. The Morgan fingerprint density at radius 1 is 0.886 bits per heavy atom. The summed E-state index contributed by atoms with van der Waals surface area (Å²) in [7, 11) is -2.79. The molecule has 1 amide bonds. The first-order chi connectivity index (χ1) is 16.6. The molecule has 0 aliphatic rings. The van der Waals surface area contributed by atoms with Crippen LogP contribution in [-0.2, 0) is 19.6 Å². The summed E-state index contributed by atoms with van der Waals surface area (Å²) in [4.78, 5) is 35.9. The number of hydrogen-bond donors (Lipinski definition) is 2. The van der Waals surface area contributed by atoms with Crippen LogP contribution in [0, 0.1) is 6.92 Å². The van der Waals surface area contributed by atoms with E-state index in [2.05, 4.69) is 10.0 Å². The first-order valence-electron chi connectivity index (χ1n) is 10.4. The van der Waals surface area contributed by atoms with Gasteiger partial charge in [0.1, 0.15) is 10.6 Å². The molecule has 0 aliphatic heterocycles. The van der Waals surface area contributed by atoms with Crippen molar-refractivity contribution in [2.24, 2.45) is 0 Å². The highest BCUT2D eigenvalue weighted by Gasteiger charge is 2.23. The summed E-state index contributed by atoms with van der Waals surface area (Å²) in [5.74, 6) is -1.65. The van der Waals surface area contributed by atoms with Crippen molar-refractivity contribution in [2.45, 2.75) is 18.7 Å². The smallest absolute Gasteiger partial charge is 0.338 e. The van der Waals surface area contributed by atoms with Gasteiger partial charge in [0, 0.05) is 16.9 Å². The lowest BCUT2D eigenvalue weighted by Crippen LogP contribution is -2.21. The van der Waals surface area contributed by atoms with E-state index in [-0.39, 0.29) is 22.0 Å². The number of esters is 1. The Hall–Kier alpha value is -4.18. The zero-order chi connectivity index (χ0) is 25.6. The van der Waals surface area contributed by atoms with Gasteiger partial charge in [0.05, 0.1) is 12.7 Å². The number of benzene rings is 3. The van der Waals surface area contributed by atoms with Crippen LogP contribution in [0.3, 0.4) is 0 Å². The number of nitrogens with one attached hydrogen (secondary N) is 2. The van der Waals surface area contributed by atoms with Gasteiger partial charge < -0.3 is 14.8 Å². The predicted molar refractivity (Wildman–Crippen MR) is 130 cm³/mol. The highest BCUT2D eigenvalue weighted by Crippen LogP contribution is 2.27. The maximum atomic E-state index is 13.0. The Labute approximate surface area is 203 Å². The molecule has 182 valence electrons. The Balaban J connectivity index is 1.71. The fourth-order valence-corrected chi connectivity index (χ4v) is 4.33. The molecule has 0 unspecified atom stereocenters. The normalized spacial score (nSPS) is 10.8. The molecule has 0 radical (unpaired) electrons. The standard InChI is InChI=1S/C25H24N2O7S/c1-16-7-10-20(11-8-16)27-35(31,32)23-14-19(9-12-22(23)33-3)25(30)34-15-24(29)26-21-6-4-5-18(13-21)17(2)28/h4-14,27H,15H2,1-3H3,(H,26,29). The minimum absolute atomic E-state index is 0.0317. The van der Waals surface area contributed by atoms with Crippen LogP contribution in [0.5, 0.6) is 5.75 Å². The molecule has 0 bridgehead atoms. The van der Waals surface area contributed by atoms with E-state index >= 15 is 0 Å². The van der Waals surface area contributed by atoms with Crippen LogP contribution in [0.15, 0.2) is 71.6 Å². The van der Waals surface area contributed by atoms with Gasteiger partial charge >= 0.3 is 5.97 Å². The lowest BCUT2D eigenvalue weighted by molar-refractivity contribution is -0.119. The SMILES string of the molecule is COc1ccc(C(=O)OCC(=O)Nc2cccc(C(C)=O)c2)cc1S(=O)(=O)Nc1ccc(C)cc1. The van der Waals surface area contributed by atoms with Gasteiger partial charge in [0.15, 0.2) is 12.4 Å². The van der Waals surface area contributed by atoms with Crippen LogP contribution in [0.1, 0.15) is 33.2 Å². The number of rotatable bonds is 9. The van der Waals surface area contributed by atoms with Gasteiger partial charge in [-0.2, -0.15) is 0 Å². The van der Waals surface area contributed by atoms with E-state index in [9.17, 15) is 22.8 Å². The molecule has 0 saturated carbocycles. The molecule has 0 heterocycles. The molecule has 0 aliphatic carbocycles. The van der Waals surface area contributed by atoms with E-state index < -0.39 is 28.5 Å². The summed E-state index contributed by atoms with van der Waals surface area (Å²) in [6.07, 6.45) is 0. The quantitative estimate of drug-likeness (QED) is 0.341. The molecular formula is C25H24N2O7S. The molecule has 0 aromatic heterocycles. The van der Waals surface area contributed by atoms with Crippen molar-refractivity contribution in [3.63, 3.8) is 0 Å². The molecule has 0 saturated heterocycles. The number of sulfonamides is 1. The third-order valence-corrected chi connectivity index (χ3v) is 6.28. The second-order valence-corrected chi connectivity index (χ2v) is 9.25. The first-order valence-corrected chi connectivity index (χ1v) is 11.9. The number of Topliss-reactive ketones (excluding diaryl/α,β-unsaturated/α-hetero) is 1. The zero-order valence-electron chi connectivity index (χ0n) is 19.3. The number of ketones is 1. The molecule has 10 heteroatoms. The van der Waals surface area contributed by atoms with Gasteiger partial charge in [-0.3, -0.25) is 14.3 Å². The summed E-state index contributed by atoms with van der Waals surface area (Å²) in [6.45, 7) is 2.67. The third-order valence-electron chi connectivity index (χ3n) is 4.88. The van der Waals surface area contributed by atoms with Crippen LogP contribution in [0.2, 0.25) is 0 Å². The highest BCUT2D eigenvalue weighted by molar-refractivity contribution is 7.92. The van der Waals surface area contributed by atoms with E-state index in [4.69, 9.17) is 9.47 Å². The lowest BCUT2D eigenvalue weighted by atomic mass is 10.1. The molecule has 3 aromatic carbocycles. The summed E-state index contributed by atoms with van der Waals surface area (Å²) >= 11 is 0. The number of aryl methyl sites for hydroxylation is 1. The molecule has 0 fully saturated rings. The van der Waals surface area contributed by atoms with Gasteiger partial charge in [0.25, 0.3) is 15.9 Å². The summed E-state index contributed by atoms with van der Waals surface area (Å²) < 4.78 is 38.5. The van der Waals surface area contributed by atoms with Crippen LogP contribution >= 0.6 is 0 Å². The molecule has 3 aromatic rings. The molecule has 2 N–H and O–H groups in total. The van der Waals surface area contributed by atoms with Crippen molar-refractivity contribution in [1.82, 2.24) is 0 Å². The van der Waals surface area contributed by atoms with Crippen LogP contribution in [-0.4, -0.2) is 39.8 Å². The van der Waals surface area contributed by atoms with Crippen molar-refractivity contribution in [3.8, 4) is 5.75 Å². The number of carbonyl (C=O) groups is 3. The Kier molecular flexibility index (Phi) is 7.87. The average molecular weight is 497 g/mol. The molecule has 0 spiro atoms. The molecule has 35 heavy (non-hydrogen) atoms. The van der Waals surface area contributed by atoms with E-state index in [1.165, 1.54) is 32.2 Å². The van der Waals surface area contributed by atoms with Gasteiger partial charge in [-0.25, -0.2) is 13.2 Å². The first kappa shape index (κ1) is 25.4. The topological polar surface area (TPSA) is 128 Å². The number of carbonyl (C=O) groups excluding carboxylic acids is 3. The lowest BCUT2D eigenvalue weighted by Gasteiger charge is -2.13. The zero-order valence-corrected chi connectivity index (χ0v) is 20.1. The van der Waals surface area contributed by atoms with Gasteiger partial charge in [-0.15, -0.1) is 0 Å². The van der Waals surface area contributed by atoms with Gasteiger partial charge in [-0.1, -0.05) is 29.8 Å². The van der Waals surface area contributed by atoms with Crippen molar-refractivity contribution in [1.29, 1.82) is 0 Å². The largest absolute Gasteiger partial charge is 0.495 e. The second kappa shape index (κ2) is 10.8. The monoisotopic (exact) mass is 496 g/mol. The summed E-state index contributed by atoms with van der Waals surface area (Å²) in [5.41, 5.74) is 2.02. The van der Waals surface area contributed by atoms with Crippen LogP contribution in [0.4, 0.5) is 11.4 Å². The number of methoxy groups -OCH3 is 1. The third kappa shape index (κ3) is 6.67. The van der Waals surface area contributed by atoms with Crippen molar-refractivity contribution < 1.29 is 32.3 Å². The molecule has 3 rings (SSSR count). The summed E-state index contributed by atoms with van der Waals surface area (Å²) in [6, 6.07) is 16.8. The number of amides is 1. The van der Waals surface area contributed by atoms with Crippen LogP contribution in [0.25, 0.3) is 0 Å². The van der Waals surface area contributed by atoms with Crippen molar-refractivity contribution >= 4 is 39.1 Å². The maximum Gasteiger partial charge on any atom is 0.338 e. The average Bonchev–Trinajstić information content (AvgIpc) is 2.83. The Morgan fingerprint density at radius 3 is 2.26 bits per heavy atom. The number of ether oxygens (including phenoxy) is 2. The Bertz CT molecular complexity index is 1370. The van der Waals surface area contributed by atoms with E-state index in [0.29, 0.717) is 16.9 Å². The van der Waals surface area contributed by atoms with Gasteiger partial charge in [-0.05, 0) is 56.3 Å². The number of hydrogen-bond acceptors (Lipinski definition) is 7. The predicted octanol–water partition coefficient (Wildman–Crippen LogP) is 3.80. The van der Waals surface area contributed by atoms with Crippen molar-refractivity contribution in [2.75, 3.05) is 23.8 Å². The van der Waals surface area contributed by atoms with E-state index in [0.717, 1.165) is 11.6 Å². The van der Waals surface area contributed by atoms with E-state index in [1.54, 1.807) is 42.5 Å². The van der Waals surface area contributed by atoms with Crippen molar-refractivity contribution in [3.05, 3.63) is 83.4 Å².